The Kier molecular flexibility index (Phi) is 20.0. The number of hydroxylamine groups is 2. The van der Waals surface area contributed by atoms with Crippen LogP contribution in [0.1, 0.15) is 64.8 Å². The molecule has 1 aliphatic heterocycles. The molecule has 2 atom stereocenters. The van der Waals surface area contributed by atoms with E-state index in [0.29, 0.717) is 13.2 Å². The fourth-order valence-electron chi connectivity index (χ4n) is 4.50. The van der Waals surface area contributed by atoms with Crippen LogP contribution in [-0.4, -0.2) is 85.3 Å². The Labute approximate surface area is 291 Å². The number of carbonyl (C=O) groups excluding carboxylic acids is 1. The van der Waals surface area contributed by atoms with Crippen LogP contribution in [0, 0.1) is 49.9 Å². The number of rotatable bonds is 14. The Morgan fingerprint density at radius 2 is 1.75 bits per heavy atom. The van der Waals surface area contributed by atoms with Gasteiger partial charge in [-0.3, -0.25) is 4.79 Å². The summed E-state index contributed by atoms with van der Waals surface area (Å²) in [6.07, 6.45) is 5.23. The van der Waals surface area contributed by atoms with E-state index in [4.69, 9.17) is 19.0 Å². The molecule has 1 aromatic carbocycles. The molecule has 12 heteroatoms. The van der Waals surface area contributed by atoms with Gasteiger partial charge in [-0.15, -0.1) is 11.3 Å². The molecule has 0 aliphatic carbocycles. The SMILES string of the molecule is CCOC(COC(/C=C/C(C(=O)N1CCCC1)C(C)C)=N/OC)OCC.Cc1ncsc1-c1ccc(C(C)N(C)O)cc1.[U]. The molecule has 244 valence electrons. The van der Waals surface area contributed by atoms with E-state index in [0.717, 1.165) is 37.2 Å². The second-order valence-corrected chi connectivity index (χ2v) is 11.4. The standard InChI is InChI=1S/C19H34N2O5.C13H16N2OS.U/c1-6-24-18(25-7-2)14-26-17(20-23-5)11-10-16(15(3)4)19(22)21-12-8-9-13-21;1-9-13(17-8-14-9)12-6-4-11(5-7-12)10(2)15(3)16;/h10-11,15-16,18H,6-9,12-14H2,1-5H3;4-8,10,16H,1-3H3;/b11-10+,20-17+;;. The third kappa shape index (κ3) is 13.3. The average Bonchev–Trinajstić information content (AvgIpc) is 3.68. The first kappa shape index (κ1) is 40.2. The van der Waals surface area contributed by atoms with E-state index < -0.39 is 6.29 Å². The van der Waals surface area contributed by atoms with Gasteiger partial charge in [0.15, 0.2) is 6.29 Å². The maximum Gasteiger partial charge on any atom is 0.250 e. The van der Waals surface area contributed by atoms with Crippen LogP contribution in [-0.2, 0) is 23.8 Å². The predicted octanol–water partition coefficient (Wildman–Crippen LogP) is 6.31. The molecule has 1 fully saturated rings. The molecule has 1 aromatic heterocycles. The van der Waals surface area contributed by atoms with Crippen LogP contribution >= 0.6 is 11.3 Å². The summed E-state index contributed by atoms with van der Waals surface area (Å²) in [5.74, 6) is 0.417. The Bertz CT molecular complexity index is 1130. The molecule has 0 bridgehead atoms. The first-order valence-electron chi connectivity index (χ1n) is 15.0. The number of thiazole rings is 1. The van der Waals surface area contributed by atoms with Crippen LogP contribution < -0.4 is 0 Å². The number of hydrogen-bond donors (Lipinski definition) is 1. The van der Waals surface area contributed by atoms with Gasteiger partial charge in [0.05, 0.1) is 28.0 Å². The van der Waals surface area contributed by atoms with E-state index in [2.05, 4.69) is 22.3 Å². The smallest absolute Gasteiger partial charge is 0.250 e. The first-order chi connectivity index (χ1) is 20.6. The summed E-state index contributed by atoms with van der Waals surface area (Å²) < 4.78 is 16.6. The Balaban J connectivity index is 0.000000464. The Morgan fingerprint density at radius 1 is 1.14 bits per heavy atom. The zero-order valence-electron chi connectivity index (χ0n) is 27.5. The third-order valence-corrected chi connectivity index (χ3v) is 8.06. The Hall–Kier alpha value is -1.78. The van der Waals surface area contributed by atoms with Gasteiger partial charge in [0.25, 0.3) is 0 Å². The molecule has 3 rings (SSSR count). The summed E-state index contributed by atoms with van der Waals surface area (Å²) in [5, 5.41) is 14.5. The van der Waals surface area contributed by atoms with E-state index in [-0.39, 0.29) is 67.4 Å². The van der Waals surface area contributed by atoms with Crippen molar-refractivity contribution in [3.05, 3.63) is 53.2 Å². The molecule has 10 nitrogen and oxygen atoms in total. The molecule has 44 heavy (non-hydrogen) atoms. The molecular weight excluding hydrogens is 806 g/mol. The van der Waals surface area contributed by atoms with E-state index in [1.54, 1.807) is 24.5 Å². The number of oxime groups is 1. The summed E-state index contributed by atoms with van der Waals surface area (Å²) in [7, 11) is 3.11. The number of benzene rings is 1. The zero-order valence-corrected chi connectivity index (χ0v) is 32.5. The molecule has 0 spiro atoms. The monoisotopic (exact) mass is 856 g/mol. The van der Waals surface area contributed by atoms with Gasteiger partial charge in [0.2, 0.25) is 11.8 Å². The topological polar surface area (TPSA) is 106 Å². The second kappa shape index (κ2) is 21.9. The normalized spacial score (nSPS) is 14.9. The van der Waals surface area contributed by atoms with E-state index in [1.807, 2.05) is 70.2 Å². The van der Waals surface area contributed by atoms with Crippen LogP contribution in [0.5, 0.6) is 0 Å². The third-order valence-electron chi connectivity index (χ3n) is 7.08. The minimum Gasteiger partial charge on any atom is -0.470 e. The number of ether oxygens (including phenoxy) is 3. The van der Waals surface area contributed by atoms with Crippen molar-refractivity contribution in [3.8, 4) is 10.4 Å². The van der Waals surface area contributed by atoms with E-state index >= 15 is 0 Å². The van der Waals surface area contributed by atoms with Gasteiger partial charge >= 0.3 is 0 Å². The number of nitrogens with zero attached hydrogens (tertiary/aromatic N) is 4. The van der Waals surface area contributed by atoms with Gasteiger partial charge in [-0.05, 0) is 62.7 Å². The second-order valence-electron chi connectivity index (χ2n) is 10.6. The summed E-state index contributed by atoms with van der Waals surface area (Å²) >= 11 is 1.65. The maximum absolute atomic E-state index is 12.7. The minimum atomic E-state index is -0.465. The molecule has 2 aromatic rings. The quantitative estimate of drug-likeness (QED) is 0.102. The summed E-state index contributed by atoms with van der Waals surface area (Å²) in [6.45, 7) is 14.8. The molecule has 1 amide bonds. The Morgan fingerprint density at radius 3 is 2.23 bits per heavy atom. The molecule has 1 saturated heterocycles. The van der Waals surface area contributed by atoms with Gasteiger partial charge in [0, 0.05) is 70.5 Å². The number of aryl methyl sites for hydroxylation is 1. The average molecular weight is 857 g/mol. The van der Waals surface area contributed by atoms with Crippen LogP contribution in [0.25, 0.3) is 10.4 Å². The summed E-state index contributed by atoms with van der Waals surface area (Å²) in [4.78, 5) is 25.0. The van der Waals surface area contributed by atoms with Crippen molar-refractivity contribution in [1.29, 1.82) is 0 Å². The van der Waals surface area contributed by atoms with Crippen molar-refractivity contribution in [2.45, 2.75) is 66.7 Å². The van der Waals surface area contributed by atoms with Crippen molar-refractivity contribution in [3.63, 3.8) is 0 Å². The molecule has 1 N–H and O–H groups in total. The summed E-state index contributed by atoms with van der Waals surface area (Å²) in [5.41, 5.74) is 5.21. The van der Waals surface area contributed by atoms with Crippen molar-refractivity contribution < 1.29 is 60.2 Å². The first-order valence-corrected chi connectivity index (χ1v) is 15.9. The number of hydrogen-bond acceptors (Lipinski definition) is 10. The molecule has 1 aliphatic rings. The summed E-state index contributed by atoms with van der Waals surface area (Å²) in [6, 6.07) is 8.26. The van der Waals surface area contributed by atoms with Crippen molar-refractivity contribution in [2.24, 2.45) is 17.0 Å². The molecule has 2 unspecified atom stereocenters. The maximum atomic E-state index is 12.7. The number of amides is 1. The number of carbonyl (C=O) groups is 1. The minimum absolute atomic E-state index is 0. The van der Waals surface area contributed by atoms with Crippen LogP contribution in [0.15, 0.2) is 47.1 Å². The van der Waals surface area contributed by atoms with Gasteiger partial charge in [-0.2, -0.15) is 5.06 Å². The van der Waals surface area contributed by atoms with Crippen LogP contribution in [0.2, 0.25) is 0 Å². The molecule has 0 saturated carbocycles. The van der Waals surface area contributed by atoms with Crippen molar-refractivity contribution in [1.82, 2.24) is 14.9 Å². The number of likely N-dealkylation sites (tertiary alicyclic amines) is 1. The fraction of sp³-hybridized carbons (Fsp3) is 0.594. The largest absolute Gasteiger partial charge is 0.470 e. The molecular formula is C32H50N4O6SU. The van der Waals surface area contributed by atoms with Gasteiger partial charge in [0.1, 0.15) is 13.7 Å². The van der Waals surface area contributed by atoms with Crippen LogP contribution in [0.3, 0.4) is 0 Å². The van der Waals surface area contributed by atoms with Gasteiger partial charge in [-0.1, -0.05) is 44.2 Å². The number of aromatic nitrogens is 1. The van der Waals surface area contributed by atoms with Crippen LogP contribution in [0.4, 0.5) is 0 Å². The fourth-order valence-corrected chi connectivity index (χ4v) is 5.31. The molecule has 0 radical (unpaired) electrons. The predicted molar refractivity (Wildman–Crippen MR) is 171 cm³/mol. The van der Waals surface area contributed by atoms with Crippen molar-refractivity contribution in [2.75, 3.05) is 47.1 Å². The van der Waals surface area contributed by atoms with E-state index in [9.17, 15) is 10.0 Å². The van der Waals surface area contributed by atoms with Crippen molar-refractivity contribution >= 4 is 23.1 Å². The zero-order chi connectivity index (χ0) is 31.8. The van der Waals surface area contributed by atoms with E-state index in [1.165, 1.54) is 22.6 Å². The van der Waals surface area contributed by atoms with Gasteiger partial charge in [-0.25, -0.2) is 4.98 Å². The van der Waals surface area contributed by atoms with Gasteiger partial charge < -0.3 is 29.2 Å². The molecule has 2 heterocycles.